The second-order valence-corrected chi connectivity index (χ2v) is 3.38. The molecule has 4 N–H and O–H groups in total. The van der Waals surface area contributed by atoms with E-state index < -0.39 is 0 Å². The molecular weight excluding hydrogens is 196 g/mol. The quantitative estimate of drug-likeness (QED) is 0.571. The molecule has 1 atom stereocenters. The molecule has 0 saturated carbocycles. The molecule has 0 bridgehead atoms. The lowest BCUT2D eigenvalue weighted by Gasteiger charge is -2.09. The van der Waals surface area contributed by atoms with E-state index in [9.17, 15) is 4.79 Å². The van der Waals surface area contributed by atoms with Crippen molar-refractivity contribution in [3.05, 3.63) is 5.82 Å². The molecular formula is C8H16N6O. The molecule has 1 rings (SSSR count). The van der Waals surface area contributed by atoms with E-state index in [0.29, 0.717) is 18.9 Å². The topological polar surface area (TPSA) is 110 Å². The van der Waals surface area contributed by atoms with Crippen LogP contribution < -0.4 is 11.1 Å². The van der Waals surface area contributed by atoms with Crippen molar-refractivity contribution in [2.45, 2.75) is 26.3 Å². The van der Waals surface area contributed by atoms with Gasteiger partial charge in [0.1, 0.15) is 0 Å². The van der Waals surface area contributed by atoms with Crippen LogP contribution in [0.1, 0.15) is 25.6 Å². The molecule has 1 heterocycles. The van der Waals surface area contributed by atoms with Crippen LogP contribution in [0.15, 0.2) is 0 Å². The van der Waals surface area contributed by atoms with Crippen molar-refractivity contribution in [1.29, 1.82) is 0 Å². The highest BCUT2D eigenvalue weighted by molar-refractivity contribution is 5.78. The van der Waals surface area contributed by atoms with Crippen LogP contribution in [-0.4, -0.2) is 33.1 Å². The molecule has 0 aliphatic carbocycles. The van der Waals surface area contributed by atoms with Gasteiger partial charge in [-0.2, -0.15) is 5.21 Å². The summed E-state index contributed by atoms with van der Waals surface area (Å²) in [4.78, 5) is 11.5. The summed E-state index contributed by atoms with van der Waals surface area (Å²) in [6.45, 7) is 2.80. The van der Waals surface area contributed by atoms with E-state index in [4.69, 9.17) is 5.73 Å². The van der Waals surface area contributed by atoms with Gasteiger partial charge in [0.05, 0.1) is 6.54 Å². The third-order valence-corrected chi connectivity index (χ3v) is 2.10. The number of carbonyl (C=O) groups excluding carboxylic acids is 1. The number of rotatable bonds is 6. The van der Waals surface area contributed by atoms with Gasteiger partial charge in [-0.3, -0.25) is 4.79 Å². The first-order valence-corrected chi connectivity index (χ1v) is 4.94. The molecule has 0 saturated heterocycles. The molecule has 84 valence electrons. The fraction of sp³-hybridized carbons (Fsp3) is 0.750. The Morgan fingerprint density at radius 1 is 1.67 bits per heavy atom. The lowest BCUT2D eigenvalue weighted by molar-refractivity contribution is -0.124. The van der Waals surface area contributed by atoms with Gasteiger partial charge in [-0.25, -0.2) is 0 Å². The maximum atomic E-state index is 11.5. The minimum absolute atomic E-state index is 0.00625. The van der Waals surface area contributed by atoms with E-state index in [1.807, 2.05) is 6.92 Å². The first-order chi connectivity index (χ1) is 7.24. The lowest BCUT2D eigenvalue weighted by Crippen LogP contribution is -2.29. The molecule has 1 aromatic rings. The van der Waals surface area contributed by atoms with Crippen LogP contribution in [0.5, 0.6) is 0 Å². The molecule has 1 unspecified atom stereocenters. The first-order valence-electron chi connectivity index (χ1n) is 4.94. The molecule has 0 fully saturated rings. The van der Waals surface area contributed by atoms with Crippen molar-refractivity contribution in [2.24, 2.45) is 11.7 Å². The van der Waals surface area contributed by atoms with Crippen LogP contribution in [0.3, 0.4) is 0 Å². The zero-order valence-corrected chi connectivity index (χ0v) is 8.73. The maximum absolute atomic E-state index is 11.5. The molecule has 1 amide bonds. The minimum Gasteiger partial charge on any atom is -0.348 e. The third-order valence-electron chi connectivity index (χ3n) is 2.10. The number of aromatic nitrogens is 4. The average Bonchev–Trinajstić information content (AvgIpc) is 2.75. The van der Waals surface area contributed by atoms with Gasteiger partial charge in [-0.15, -0.1) is 10.2 Å². The summed E-state index contributed by atoms with van der Waals surface area (Å²) in [5.74, 6) is 0.447. The van der Waals surface area contributed by atoms with Crippen LogP contribution in [-0.2, 0) is 11.3 Å². The van der Waals surface area contributed by atoms with E-state index in [1.165, 1.54) is 0 Å². The number of nitrogens with two attached hydrogens (primary N) is 1. The van der Waals surface area contributed by atoms with Gasteiger partial charge in [0.2, 0.25) is 5.91 Å². The zero-order chi connectivity index (χ0) is 11.1. The summed E-state index contributed by atoms with van der Waals surface area (Å²) in [6, 6.07) is 0. The zero-order valence-electron chi connectivity index (χ0n) is 8.73. The monoisotopic (exact) mass is 212 g/mol. The van der Waals surface area contributed by atoms with Gasteiger partial charge >= 0.3 is 0 Å². The number of hydrogen-bond acceptors (Lipinski definition) is 5. The van der Waals surface area contributed by atoms with Crippen LogP contribution in [0, 0.1) is 5.92 Å². The number of nitrogens with zero attached hydrogens (tertiary/aromatic N) is 3. The second kappa shape index (κ2) is 6.07. The SMILES string of the molecule is CC(CCCN)C(=O)NCc1nn[nH]n1. The summed E-state index contributed by atoms with van der Waals surface area (Å²) in [5.41, 5.74) is 5.36. The van der Waals surface area contributed by atoms with Crippen molar-refractivity contribution >= 4 is 5.91 Å². The first kappa shape index (κ1) is 11.6. The predicted octanol–water partition coefficient (Wildman–Crippen LogP) is -0.809. The number of nitrogens with one attached hydrogen (secondary N) is 2. The molecule has 0 spiro atoms. The van der Waals surface area contributed by atoms with Crippen LogP contribution in [0.25, 0.3) is 0 Å². The number of hydrogen-bond donors (Lipinski definition) is 3. The van der Waals surface area contributed by atoms with E-state index in [-0.39, 0.29) is 11.8 Å². The Hall–Kier alpha value is -1.50. The van der Waals surface area contributed by atoms with E-state index >= 15 is 0 Å². The Morgan fingerprint density at radius 2 is 2.47 bits per heavy atom. The molecule has 0 aromatic carbocycles. The maximum Gasteiger partial charge on any atom is 0.223 e. The third kappa shape index (κ3) is 4.03. The Kier molecular flexibility index (Phi) is 4.69. The Morgan fingerprint density at radius 3 is 3.07 bits per heavy atom. The highest BCUT2D eigenvalue weighted by Gasteiger charge is 2.12. The Bertz CT molecular complexity index is 285. The summed E-state index contributed by atoms with van der Waals surface area (Å²) in [6.07, 6.45) is 1.66. The Balaban J connectivity index is 2.23. The molecule has 7 heteroatoms. The highest BCUT2D eigenvalue weighted by Crippen LogP contribution is 2.04. The number of tetrazole rings is 1. The highest BCUT2D eigenvalue weighted by atomic mass is 16.1. The van der Waals surface area contributed by atoms with Crippen molar-refractivity contribution in [2.75, 3.05) is 6.54 Å². The summed E-state index contributed by atoms with van der Waals surface area (Å²) in [5, 5.41) is 15.9. The van der Waals surface area contributed by atoms with Crippen LogP contribution in [0.4, 0.5) is 0 Å². The summed E-state index contributed by atoms with van der Waals surface area (Å²) >= 11 is 0. The van der Waals surface area contributed by atoms with Gasteiger partial charge in [-0.05, 0) is 19.4 Å². The van der Waals surface area contributed by atoms with Gasteiger partial charge < -0.3 is 11.1 Å². The van der Waals surface area contributed by atoms with Crippen molar-refractivity contribution in [3.63, 3.8) is 0 Å². The molecule has 1 aromatic heterocycles. The fourth-order valence-corrected chi connectivity index (χ4v) is 1.15. The van der Waals surface area contributed by atoms with Gasteiger partial charge in [0.15, 0.2) is 5.82 Å². The second-order valence-electron chi connectivity index (χ2n) is 3.38. The molecule has 0 aliphatic heterocycles. The summed E-state index contributed by atoms with van der Waals surface area (Å²) in [7, 11) is 0. The van der Waals surface area contributed by atoms with Gasteiger partial charge in [0.25, 0.3) is 0 Å². The van der Waals surface area contributed by atoms with E-state index in [1.54, 1.807) is 0 Å². The Labute approximate surface area is 87.8 Å². The van der Waals surface area contributed by atoms with E-state index in [2.05, 4.69) is 25.9 Å². The molecule has 0 aliphatic rings. The van der Waals surface area contributed by atoms with Crippen LogP contribution in [0.2, 0.25) is 0 Å². The molecule has 7 nitrogen and oxygen atoms in total. The van der Waals surface area contributed by atoms with Gasteiger partial charge in [0, 0.05) is 5.92 Å². The summed E-state index contributed by atoms with van der Waals surface area (Å²) < 4.78 is 0. The largest absolute Gasteiger partial charge is 0.348 e. The average molecular weight is 212 g/mol. The van der Waals surface area contributed by atoms with Crippen LogP contribution >= 0.6 is 0 Å². The minimum atomic E-state index is -0.0274. The number of carbonyl (C=O) groups is 1. The normalized spacial score (nSPS) is 12.4. The standard InChI is InChI=1S/C8H16N6O/c1-6(3-2-4-9)8(15)10-5-7-11-13-14-12-7/h6H,2-5,9H2,1H3,(H,10,15)(H,11,12,13,14). The fourth-order valence-electron chi connectivity index (χ4n) is 1.15. The van der Waals surface area contributed by atoms with Crippen molar-refractivity contribution in [1.82, 2.24) is 25.9 Å². The van der Waals surface area contributed by atoms with Crippen molar-refractivity contribution in [3.8, 4) is 0 Å². The van der Waals surface area contributed by atoms with Crippen molar-refractivity contribution < 1.29 is 4.79 Å². The van der Waals surface area contributed by atoms with Gasteiger partial charge in [-0.1, -0.05) is 12.1 Å². The smallest absolute Gasteiger partial charge is 0.223 e. The molecule has 0 radical (unpaired) electrons. The number of aromatic amines is 1. The lowest BCUT2D eigenvalue weighted by atomic mass is 10.1. The number of H-pyrrole nitrogens is 1. The number of amides is 1. The van der Waals surface area contributed by atoms with E-state index in [0.717, 1.165) is 12.8 Å². The predicted molar refractivity (Wildman–Crippen MR) is 53.5 cm³/mol. The molecule has 15 heavy (non-hydrogen) atoms.